The third-order valence-corrected chi connectivity index (χ3v) is 4.54. The summed E-state index contributed by atoms with van der Waals surface area (Å²) < 4.78 is 0.547. The summed E-state index contributed by atoms with van der Waals surface area (Å²) >= 11 is 3.26. The molecule has 1 fully saturated rings. The minimum absolute atomic E-state index is 0.234. The number of rotatable bonds is 4. The van der Waals surface area contributed by atoms with Crippen LogP contribution in [0.2, 0.25) is 0 Å². The smallest absolute Gasteiger partial charge is 0.307 e. The van der Waals surface area contributed by atoms with Gasteiger partial charge in [-0.25, -0.2) is 4.98 Å². The number of carbonyl (C=O) groups is 2. The van der Waals surface area contributed by atoms with E-state index in [0.717, 1.165) is 6.42 Å². The van der Waals surface area contributed by atoms with Gasteiger partial charge in [0.2, 0.25) is 5.91 Å². The Morgan fingerprint density at radius 3 is 2.75 bits per heavy atom. The molecule has 20 heavy (non-hydrogen) atoms. The van der Waals surface area contributed by atoms with Crippen LogP contribution in [0.3, 0.4) is 0 Å². The van der Waals surface area contributed by atoms with Crippen LogP contribution in [0, 0.1) is 17.8 Å². The van der Waals surface area contributed by atoms with Gasteiger partial charge in [-0.2, -0.15) is 0 Å². The summed E-state index contributed by atoms with van der Waals surface area (Å²) in [6.07, 6.45) is 3.74. The van der Waals surface area contributed by atoms with E-state index in [4.69, 9.17) is 0 Å². The number of aliphatic carboxylic acids is 1. The van der Waals surface area contributed by atoms with Crippen LogP contribution in [0.5, 0.6) is 0 Å². The molecule has 1 heterocycles. The van der Waals surface area contributed by atoms with Gasteiger partial charge in [-0.3, -0.25) is 9.59 Å². The largest absolute Gasteiger partial charge is 0.481 e. The molecule has 108 valence electrons. The van der Waals surface area contributed by atoms with Crippen LogP contribution in [0.15, 0.2) is 22.9 Å². The maximum atomic E-state index is 12.3. The molecule has 2 rings (SSSR count). The average Bonchev–Trinajstić information content (AvgIpc) is 2.86. The minimum atomic E-state index is -0.883. The number of amides is 1. The van der Waals surface area contributed by atoms with Crippen LogP contribution >= 0.6 is 15.9 Å². The van der Waals surface area contributed by atoms with Crippen molar-refractivity contribution in [2.45, 2.75) is 26.2 Å². The lowest BCUT2D eigenvalue weighted by Gasteiger charge is -2.15. The summed E-state index contributed by atoms with van der Waals surface area (Å²) in [5, 5.41) is 12.0. The summed E-state index contributed by atoms with van der Waals surface area (Å²) in [6, 6.07) is 3.45. The molecule has 1 aromatic rings. The van der Waals surface area contributed by atoms with Crippen LogP contribution in [0.1, 0.15) is 26.2 Å². The van der Waals surface area contributed by atoms with Crippen LogP contribution in [-0.4, -0.2) is 22.0 Å². The summed E-state index contributed by atoms with van der Waals surface area (Å²) in [5.41, 5.74) is 0.571. The van der Waals surface area contributed by atoms with E-state index in [1.54, 1.807) is 18.3 Å². The lowest BCUT2D eigenvalue weighted by molar-refractivity contribution is -0.145. The highest BCUT2D eigenvalue weighted by atomic mass is 79.9. The molecule has 3 atom stereocenters. The number of pyridine rings is 1. The third-order valence-electron chi connectivity index (χ3n) is 3.91. The molecule has 6 heteroatoms. The Hall–Kier alpha value is -1.43. The van der Waals surface area contributed by atoms with Crippen LogP contribution in [0.25, 0.3) is 0 Å². The van der Waals surface area contributed by atoms with Crippen LogP contribution in [-0.2, 0) is 9.59 Å². The first-order valence-corrected chi connectivity index (χ1v) is 7.46. The number of carboxylic acid groups (broad SMARTS) is 1. The SMILES string of the molecule is CCC1CC(C(=O)O)C(C(=O)Nc2cccnc2Br)C1. The number of aromatic nitrogens is 1. The number of halogens is 1. The van der Waals surface area contributed by atoms with Gasteiger partial charge in [0.25, 0.3) is 0 Å². The second kappa shape index (κ2) is 6.35. The quantitative estimate of drug-likeness (QED) is 0.826. The van der Waals surface area contributed by atoms with Gasteiger partial charge < -0.3 is 10.4 Å². The second-order valence-corrected chi connectivity index (χ2v) is 5.88. The Morgan fingerprint density at radius 1 is 1.45 bits per heavy atom. The molecule has 1 aliphatic carbocycles. The van der Waals surface area contributed by atoms with Crippen molar-refractivity contribution < 1.29 is 14.7 Å². The summed E-state index contributed by atoms with van der Waals surface area (Å²) in [6.45, 7) is 2.03. The second-order valence-electron chi connectivity index (χ2n) is 5.13. The highest BCUT2D eigenvalue weighted by Gasteiger charge is 2.42. The first-order chi connectivity index (χ1) is 9.52. The van der Waals surface area contributed by atoms with E-state index >= 15 is 0 Å². The Kier molecular flexibility index (Phi) is 4.75. The number of hydrogen-bond donors (Lipinski definition) is 2. The lowest BCUT2D eigenvalue weighted by atomic mass is 9.95. The zero-order valence-corrected chi connectivity index (χ0v) is 12.8. The van der Waals surface area contributed by atoms with Gasteiger partial charge in [-0.15, -0.1) is 0 Å². The molecule has 0 radical (unpaired) electrons. The summed E-state index contributed by atoms with van der Waals surface area (Å²) in [7, 11) is 0. The van der Waals surface area contributed by atoms with E-state index in [2.05, 4.69) is 26.2 Å². The Bertz CT molecular complexity index is 521. The molecule has 0 bridgehead atoms. The van der Waals surface area contributed by atoms with Crippen molar-refractivity contribution in [2.24, 2.45) is 17.8 Å². The molecule has 0 spiro atoms. The van der Waals surface area contributed by atoms with Crippen molar-refractivity contribution in [1.82, 2.24) is 4.98 Å². The van der Waals surface area contributed by atoms with Crippen LogP contribution < -0.4 is 5.32 Å². The fourth-order valence-electron chi connectivity index (χ4n) is 2.74. The normalized spacial score (nSPS) is 25.4. The molecular weight excluding hydrogens is 324 g/mol. The molecule has 0 aromatic carbocycles. The number of nitrogens with one attached hydrogen (secondary N) is 1. The molecule has 1 aliphatic rings. The van der Waals surface area contributed by atoms with E-state index in [1.807, 2.05) is 6.92 Å². The number of carbonyl (C=O) groups excluding carboxylic acids is 1. The Morgan fingerprint density at radius 2 is 2.15 bits per heavy atom. The summed E-state index contributed by atoms with van der Waals surface area (Å²) in [4.78, 5) is 27.6. The van der Waals surface area contributed by atoms with Crippen LogP contribution in [0.4, 0.5) is 5.69 Å². The van der Waals surface area contributed by atoms with Gasteiger partial charge in [0.15, 0.2) is 0 Å². The highest BCUT2D eigenvalue weighted by molar-refractivity contribution is 9.10. The fraction of sp³-hybridized carbons (Fsp3) is 0.500. The predicted octanol–water partition coefficient (Wildman–Crippen LogP) is 2.92. The van der Waals surface area contributed by atoms with Gasteiger partial charge in [0.05, 0.1) is 17.5 Å². The molecule has 1 saturated carbocycles. The minimum Gasteiger partial charge on any atom is -0.481 e. The van der Waals surface area contributed by atoms with Crippen molar-refractivity contribution in [3.63, 3.8) is 0 Å². The van der Waals surface area contributed by atoms with E-state index in [-0.39, 0.29) is 5.91 Å². The fourth-order valence-corrected chi connectivity index (χ4v) is 3.09. The van der Waals surface area contributed by atoms with Gasteiger partial charge in [0, 0.05) is 6.20 Å². The molecule has 5 nitrogen and oxygen atoms in total. The molecule has 2 N–H and O–H groups in total. The third kappa shape index (κ3) is 3.17. The number of nitrogens with zero attached hydrogens (tertiary/aromatic N) is 1. The lowest BCUT2D eigenvalue weighted by Crippen LogP contribution is -2.30. The van der Waals surface area contributed by atoms with E-state index in [1.165, 1.54) is 0 Å². The van der Waals surface area contributed by atoms with E-state index < -0.39 is 17.8 Å². The van der Waals surface area contributed by atoms with Crippen molar-refractivity contribution in [2.75, 3.05) is 5.32 Å². The molecule has 1 amide bonds. The van der Waals surface area contributed by atoms with E-state index in [0.29, 0.717) is 29.1 Å². The highest BCUT2D eigenvalue weighted by Crippen LogP contribution is 2.39. The topological polar surface area (TPSA) is 79.3 Å². The van der Waals surface area contributed by atoms with E-state index in [9.17, 15) is 14.7 Å². The van der Waals surface area contributed by atoms with Gasteiger partial charge >= 0.3 is 5.97 Å². The number of carboxylic acids is 1. The molecule has 1 aromatic heterocycles. The molecule has 3 unspecified atom stereocenters. The molecular formula is C14H17BrN2O3. The first kappa shape index (κ1) is 15.0. The maximum absolute atomic E-state index is 12.3. The Labute approximate surface area is 125 Å². The standard InChI is InChI=1S/C14H17BrN2O3/c1-2-8-6-9(10(7-8)14(19)20)13(18)17-11-4-3-5-16-12(11)15/h3-5,8-10H,2,6-7H2,1H3,(H,17,18)(H,19,20). The van der Waals surface area contributed by atoms with Crippen molar-refractivity contribution in [3.05, 3.63) is 22.9 Å². The summed E-state index contributed by atoms with van der Waals surface area (Å²) in [5.74, 6) is -1.86. The zero-order chi connectivity index (χ0) is 14.7. The average molecular weight is 341 g/mol. The monoisotopic (exact) mass is 340 g/mol. The van der Waals surface area contributed by atoms with Gasteiger partial charge in [-0.1, -0.05) is 13.3 Å². The zero-order valence-electron chi connectivity index (χ0n) is 11.2. The molecule has 0 aliphatic heterocycles. The molecule has 0 saturated heterocycles. The van der Waals surface area contributed by atoms with Crippen molar-refractivity contribution >= 4 is 33.5 Å². The Balaban J connectivity index is 2.11. The van der Waals surface area contributed by atoms with Gasteiger partial charge in [0.1, 0.15) is 4.60 Å². The maximum Gasteiger partial charge on any atom is 0.307 e. The first-order valence-electron chi connectivity index (χ1n) is 6.67. The number of hydrogen-bond acceptors (Lipinski definition) is 3. The number of anilines is 1. The van der Waals surface area contributed by atoms with Crippen molar-refractivity contribution in [1.29, 1.82) is 0 Å². The van der Waals surface area contributed by atoms with Crippen molar-refractivity contribution in [3.8, 4) is 0 Å². The van der Waals surface area contributed by atoms with Gasteiger partial charge in [-0.05, 0) is 46.8 Å². The predicted molar refractivity (Wildman–Crippen MR) is 78.2 cm³/mol.